The maximum absolute atomic E-state index is 5.45. The van der Waals surface area contributed by atoms with Gasteiger partial charge in [0.1, 0.15) is 11.5 Å². The maximum atomic E-state index is 5.45. The third kappa shape index (κ3) is 7.63. The first-order chi connectivity index (χ1) is 12.9. The van der Waals surface area contributed by atoms with Crippen LogP contribution in [0.25, 0.3) is 0 Å². The van der Waals surface area contributed by atoms with Crippen molar-refractivity contribution in [2.45, 2.75) is 38.5 Å². The van der Waals surface area contributed by atoms with Gasteiger partial charge in [-0.3, -0.25) is 9.89 Å². The molecule has 1 heterocycles. The van der Waals surface area contributed by atoms with Gasteiger partial charge in [0, 0.05) is 52.4 Å². The monoisotopic (exact) mass is 506 g/mol. The van der Waals surface area contributed by atoms with Crippen LogP contribution in [0.1, 0.15) is 25.8 Å². The number of halogens is 1. The molecule has 1 unspecified atom stereocenters. The molecule has 1 aromatic carbocycles. The predicted octanol–water partition coefficient (Wildman–Crippen LogP) is 2.49. The molecule has 0 spiro atoms. The van der Waals surface area contributed by atoms with Gasteiger partial charge in [-0.05, 0) is 38.0 Å². The molecule has 1 atom stereocenters. The van der Waals surface area contributed by atoms with Gasteiger partial charge in [0.05, 0.1) is 19.8 Å². The number of hydrogen-bond donors (Lipinski definition) is 2. The fourth-order valence-corrected chi connectivity index (χ4v) is 3.07. The van der Waals surface area contributed by atoms with E-state index in [2.05, 4.69) is 32.7 Å². The van der Waals surface area contributed by atoms with Crippen molar-refractivity contribution in [3.05, 3.63) is 23.8 Å². The summed E-state index contributed by atoms with van der Waals surface area (Å²) in [6.07, 6.45) is 1.08. The average Bonchev–Trinajstić information content (AvgIpc) is 3.11. The second-order valence-electron chi connectivity index (χ2n) is 7.48. The second kappa shape index (κ2) is 11.7. The Bertz CT molecular complexity index is 618. The van der Waals surface area contributed by atoms with Crippen molar-refractivity contribution in [3.8, 4) is 11.5 Å². The lowest BCUT2D eigenvalue weighted by atomic mass is 10.1. The third-order valence-corrected chi connectivity index (χ3v) is 4.89. The fraction of sp³-hybridized carbons (Fsp3) is 0.650. The number of nitrogens with one attached hydrogen (secondary N) is 2. The Kier molecular flexibility index (Phi) is 10.3. The van der Waals surface area contributed by atoms with Gasteiger partial charge < -0.3 is 24.8 Å². The number of benzene rings is 1. The van der Waals surface area contributed by atoms with Crippen LogP contribution in [0.5, 0.6) is 11.5 Å². The number of aliphatic imine (C=N–C) groups is 1. The molecule has 7 nitrogen and oxygen atoms in total. The highest BCUT2D eigenvalue weighted by atomic mass is 127. The Morgan fingerprint density at radius 3 is 2.36 bits per heavy atom. The smallest absolute Gasteiger partial charge is 0.191 e. The zero-order valence-electron chi connectivity index (χ0n) is 17.9. The van der Waals surface area contributed by atoms with Crippen LogP contribution in [0.3, 0.4) is 0 Å². The number of ether oxygens (including phenoxy) is 3. The van der Waals surface area contributed by atoms with Crippen molar-refractivity contribution in [2.24, 2.45) is 4.99 Å². The Balaban J connectivity index is 0.00000392. The van der Waals surface area contributed by atoms with E-state index >= 15 is 0 Å². The molecule has 0 aliphatic carbocycles. The van der Waals surface area contributed by atoms with E-state index in [-0.39, 0.29) is 29.6 Å². The second-order valence-corrected chi connectivity index (χ2v) is 7.48. The topological polar surface area (TPSA) is 67.4 Å². The van der Waals surface area contributed by atoms with E-state index in [9.17, 15) is 0 Å². The van der Waals surface area contributed by atoms with Crippen LogP contribution in [-0.2, 0) is 11.3 Å². The quantitative estimate of drug-likeness (QED) is 0.321. The highest BCUT2D eigenvalue weighted by molar-refractivity contribution is 14.0. The van der Waals surface area contributed by atoms with Crippen LogP contribution in [0.2, 0.25) is 0 Å². The number of guanidine groups is 1. The minimum Gasteiger partial charge on any atom is -0.497 e. The maximum Gasteiger partial charge on any atom is 0.191 e. The van der Waals surface area contributed by atoms with Crippen LogP contribution in [0.4, 0.5) is 0 Å². The van der Waals surface area contributed by atoms with Gasteiger partial charge in [-0.15, -0.1) is 24.0 Å². The molecule has 1 saturated heterocycles. The molecule has 2 N–H and O–H groups in total. The minimum atomic E-state index is -0.231. The number of hydrogen-bond acceptors (Lipinski definition) is 5. The molecular weight excluding hydrogens is 471 g/mol. The molecule has 0 saturated carbocycles. The van der Waals surface area contributed by atoms with E-state index in [1.807, 2.05) is 19.9 Å². The zero-order chi connectivity index (χ0) is 19.9. The molecular formula is C20H35IN4O3. The molecule has 160 valence electrons. The first-order valence-corrected chi connectivity index (χ1v) is 9.35. The summed E-state index contributed by atoms with van der Waals surface area (Å²) in [4.78, 5) is 6.76. The Morgan fingerprint density at radius 2 is 1.82 bits per heavy atom. The lowest BCUT2D eigenvalue weighted by molar-refractivity contribution is 0.0268. The molecule has 8 heteroatoms. The summed E-state index contributed by atoms with van der Waals surface area (Å²) < 4.78 is 16.2. The normalized spacial score (nSPS) is 17.8. The third-order valence-electron chi connectivity index (χ3n) is 4.89. The van der Waals surface area contributed by atoms with E-state index in [1.54, 1.807) is 28.4 Å². The van der Waals surface area contributed by atoms with Crippen molar-refractivity contribution in [3.63, 3.8) is 0 Å². The molecule has 1 aromatic rings. The number of nitrogens with zero attached hydrogens (tertiary/aromatic N) is 2. The average molecular weight is 506 g/mol. The van der Waals surface area contributed by atoms with Gasteiger partial charge in [0.2, 0.25) is 0 Å². The lowest BCUT2D eigenvalue weighted by Gasteiger charge is -2.25. The largest absolute Gasteiger partial charge is 0.497 e. The highest BCUT2D eigenvalue weighted by Crippen LogP contribution is 2.24. The number of methoxy groups -OCH3 is 3. The molecule has 0 bridgehead atoms. The molecule has 2 rings (SSSR count). The molecule has 0 amide bonds. The van der Waals surface area contributed by atoms with Crippen molar-refractivity contribution >= 4 is 29.9 Å². The van der Waals surface area contributed by atoms with Gasteiger partial charge in [-0.1, -0.05) is 0 Å². The van der Waals surface area contributed by atoms with E-state index in [0.29, 0.717) is 12.6 Å². The SMILES string of the molecule is CN=C(NCC(C)(C)OC)NC1CCN(Cc2cc(OC)cc(OC)c2)C1.I. The summed E-state index contributed by atoms with van der Waals surface area (Å²) in [7, 11) is 6.88. The van der Waals surface area contributed by atoms with Crippen molar-refractivity contribution in [1.29, 1.82) is 0 Å². The van der Waals surface area contributed by atoms with E-state index in [4.69, 9.17) is 14.2 Å². The van der Waals surface area contributed by atoms with Crippen LogP contribution in [0.15, 0.2) is 23.2 Å². The van der Waals surface area contributed by atoms with Crippen LogP contribution < -0.4 is 20.1 Å². The molecule has 1 aliphatic heterocycles. The summed E-state index contributed by atoms with van der Waals surface area (Å²) in [5.74, 6) is 2.46. The first kappa shape index (κ1) is 24.8. The summed E-state index contributed by atoms with van der Waals surface area (Å²) in [6.45, 7) is 7.67. The molecule has 0 radical (unpaired) electrons. The summed E-state index contributed by atoms with van der Waals surface area (Å²) in [6, 6.07) is 6.40. The van der Waals surface area contributed by atoms with Crippen molar-refractivity contribution < 1.29 is 14.2 Å². The zero-order valence-corrected chi connectivity index (χ0v) is 20.2. The van der Waals surface area contributed by atoms with Crippen LogP contribution >= 0.6 is 24.0 Å². The molecule has 28 heavy (non-hydrogen) atoms. The standard InChI is InChI=1S/C20H34N4O3.HI/c1-20(2,27-6)14-22-19(21-3)23-16-7-8-24(13-16)12-15-9-17(25-4)11-18(10-15)26-5;/h9-11,16H,7-8,12-14H2,1-6H3,(H2,21,22,23);1H. The number of rotatable bonds is 8. The molecule has 1 aliphatic rings. The lowest BCUT2D eigenvalue weighted by Crippen LogP contribution is -2.49. The van der Waals surface area contributed by atoms with Crippen molar-refractivity contribution in [1.82, 2.24) is 15.5 Å². The van der Waals surface area contributed by atoms with Gasteiger partial charge in [0.25, 0.3) is 0 Å². The summed E-state index contributed by atoms with van der Waals surface area (Å²) >= 11 is 0. The Morgan fingerprint density at radius 1 is 1.18 bits per heavy atom. The Hall–Kier alpha value is -1.26. The fourth-order valence-electron chi connectivity index (χ4n) is 3.07. The Labute approximate surface area is 186 Å². The van der Waals surface area contributed by atoms with E-state index in [1.165, 1.54) is 5.56 Å². The summed E-state index contributed by atoms with van der Waals surface area (Å²) in [5.41, 5.74) is 0.960. The van der Waals surface area contributed by atoms with Gasteiger partial charge >= 0.3 is 0 Å². The molecule has 0 aromatic heterocycles. The van der Waals surface area contributed by atoms with E-state index < -0.39 is 0 Å². The predicted molar refractivity (Wildman–Crippen MR) is 124 cm³/mol. The highest BCUT2D eigenvalue weighted by Gasteiger charge is 2.24. The number of likely N-dealkylation sites (tertiary alicyclic amines) is 1. The summed E-state index contributed by atoms with van der Waals surface area (Å²) in [5, 5.41) is 6.86. The van der Waals surface area contributed by atoms with Gasteiger partial charge in [-0.25, -0.2) is 0 Å². The van der Waals surface area contributed by atoms with Crippen LogP contribution in [0, 0.1) is 0 Å². The van der Waals surface area contributed by atoms with Gasteiger partial charge in [0.15, 0.2) is 5.96 Å². The first-order valence-electron chi connectivity index (χ1n) is 9.35. The van der Waals surface area contributed by atoms with E-state index in [0.717, 1.165) is 43.5 Å². The van der Waals surface area contributed by atoms with Crippen LogP contribution in [-0.4, -0.2) is 70.5 Å². The minimum absolute atomic E-state index is 0. The van der Waals surface area contributed by atoms with Crippen molar-refractivity contribution in [2.75, 3.05) is 48.0 Å². The molecule has 1 fully saturated rings. The van der Waals surface area contributed by atoms with Gasteiger partial charge in [-0.2, -0.15) is 0 Å².